The van der Waals surface area contributed by atoms with Crippen LogP contribution in [0.2, 0.25) is 0 Å². The van der Waals surface area contributed by atoms with Gasteiger partial charge in [0, 0.05) is 37.4 Å². The second-order valence-corrected chi connectivity index (χ2v) is 5.51. The number of amides is 1. The maximum atomic E-state index is 12.2. The molecule has 0 spiro atoms. The van der Waals surface area contributed by atoms with E-state index in [-0.39, 0.29) is 12.0 Å². The van der Waals surface area contributed by atoms with Crippen molar-refractivity contribution in [1.82, 2.24) is 10.2 Å². The predicted octanol–water partition coefficient (Wildman–Crippen LogP) is 0.715. The molecule has 0 bridgehead atoms. The summed E-state index contributed by atoms with van der Waals surface area (Å²) in [7, 11) is 2.07. The summed E-state index contributed by atoms with van der Waals surface area (Å²) in [6.45, 7) is 4.10. The number of carbonyl (C=O) groups is 1. The van der Waals surface area contributed by atoms with Gasteiger partial charge in [-0.3, -0.25) is 4.79 Å². The first-order valence-corrected chi connectivity index (χ1v) is 7.17. The van der Waals surface area contributed by atoms with Gasteiger partial charge in [-0.1, -0.05) is 0 Å². The molecule has 0 radical (unpaired) electrons. The quantitative estimate of drug-likeness (QED) is 0.853. The van der Waals surface area contributed by atoms with E-state index in [1.165, 1.54) is 5.56 Å². The summed E-state index contributed by atoms with van der Waals surface area (Å²) in [5.74, 6) is -0.0171. The summed E-state index contributed by atoms with van der Waals surface area (Å²) in [4.78, 5) is 14.4. The van der Waals surface area contributed by atoms with Crippen LogP contribution in [-0.4, -0.2) is 56.7 Å². The highest BCUT2D eigenvalue weighted by Gasteiger charge is 2.19. The first-order valence-electron chi connectivity index (χ1n) is 7.17. The number of hydrogen-bond acceptors (Lipinski definition) is 4. The minimum absolute atomic E-state index is 0.0171. The largest absolute Gasteiger partial charge is 0.384 e. The standard InChI is InChI=1S/C15H21N3O2/c1-18-6-7-20-13(10-18)9-17-15(19)12-2-3-14-11(8-12)4-5-16-14/h2-3,8,13,16H,4-7,9-10H2,1H3,(H,17,19). The highest BCUT2D eigenvalue weighted by atomic mass is 16.5. The Kier molecular flexibility index (Phi) is 3.89. The number of fused-ring (bicyclic) bond motifs is 1. The number of carbonyl (C=O) groups excluding carboxylic acids is 1. The second kappa shape index (κ2) is 5.81. The summed E-state index contributed by atoms with van der Waals surface area (Å²) in [5.41, 5.74) is 3.11. The monoisotopic (exact) mass is 275 g/mol. The fourth-order valence-electron chi connectivity index (χ4n) is 2.74. The maximum absolute atomic E-state index is 12.2. The molecule has 2 aliphatic rings. The zero-order valence-corrected chi connectivity index (χ0v) is 11.8. The van der Waals surface area contributed by atoms with Crippen molar-refractivity contribution in [2.45, 2.75) is 12.5 Å². The molecule has 1 unspecified atom stereocenters. The number of nitrogens with zero attached hydrogens (tertiary/aromatic N) is 1. The van der Waals surface area contributed by atoms with Crippen LogP contribution in [0.15, 0.2) is 18.2 Å². The Balaban J connectivity index is 1.56. The van der Waals surface area contributed by atoms with Crippen LogP contribution in [0.4, 0.5) is 5.69 Å². The van der Waals surface area contributed by atoms with Crippen LogP contribution >= 0.6 is 0 Å². The third kappa shape index (κ3) is 2.94. The summed E-state index contributed by atoms with van der Waals surface area (Å²) < 4.78 is 5.64. The van der Waals surface area contributed by atoms with E-state index in [0.717, 1.165) is 43.9 Å². The van der Waals surface area contributed by atoms with Gasteiger partial charge in [-0.15, -0.1) is 0 Å². The van der Waals surface area contributed by atoms with Crippen LogP contribution in [0.5, 0.6) is 0 Å². The van der Waals surface area contributed by atoms with Crippen LogP contribution in [0.3, 0.4) is 0 Å². The molecule has 1 atom stereocenters. The van der Waals surface area contributed by atoms with Gasteiger partial charge >= 0.3 is 0 Å². The van der Waals surface area contributed by atoms with Gasteiger partial charge in [0.1, 0.15) is 0 Å². The lowest BCUT2D eigenvalue weighted by atomic mass is 10.1. The van der Waals surface area contributed by atoms with E-state index < -0.39 is 0 Å². The lowest BCUT2D eigenvalue weighted by molar-refractivity contribution is -0.0175. The van der Waals surface area contributed by atoms with Gasteiger partial charge in [0.15, 0.2) is 0 Å². The van der Waals surface area contributed by atoms with E-state index in [9.17, 15) is 4.79 Å². The van der Waals surface area contributed by atoms with Crippen LogP contribution in [-0.2, 0) is 11.2 Å². The number of rotatable bonds is 3. The molecular weight excluding hydrogens is 254 g/mol. The molecule has 2 N–H and O–H groups in total. The molecule has 0 aliphatic carbocycles. The third-order valence-electron chi connectivity index (χ3n) is 3.91. The Morgan fingerprint density at radius 3 is 3.30 bits per heavy atom. The Morgan fingerprint density at radius 2 is 2.45 bits per heavy atom. The Hall–Kier alpha value is -1.59. The normalized spacial score (nSPS) is 22.1. The number of hydrogen-bond donors (Lipinski definition) is 2. The van der Waals surface area contributed by atoms with Gasteiger partial charge in [0.2, 0.25) is 0 Å². The van der Waals surface area contributed by atoms with Crippen LogP contribution in [0, 0.1) is 0 Å². The van der Waals surface area contributed by atoms with E-state index in [0.29, 0.717) is 6.54 Å². The highest BCUT2D eigenvalue weighted by molar-refractivity contribution is 5.95. The van der Waals surface area contributed by atoms with Gasteiger partial charge in [-0.2, -0.15) is 0 Å². The van der Waals surface area contributed by atoms with Gasteiger partial charge < -0.3 is 20.3 Å². The van der Waals surface area contributed by atoms with Crippen molar-refractivity contribution in [3.63, 3.8) is 0 Å². The molecule has 2 aliphatic heterocycles. The van der Waals surface area contributed by atoms with Crippen molar-refractivity contribution in [1.29, 1.82) is 0 Å². The topological polar surface area (TPSA) is 53.6 Å². The zero-order chi connectivity index (χ0) is 13.9. The van der Waals surface area contributed by atoms with Crippen molar-refractivity contribution in [2.75, 3.05) is 45.2 Å². The van der Waals surface area contributed by atoms with Crippen LogP contribution in [0.1, 0.15) is 15.9 Å². The summed E-state index contributed by atoms with van der Waals surface area (Å²) >= 11 is 0. The van der Waals surface area contributed by atoms with Crippen LogP contribution < -0.4 is 10.6 Å². The summed E-state index contributed by atoms with van der Waals surface area (Å²) in [6, 6.07) is 5.85. The van der Waals surface area contributed by atoms with Gasteiger partial charge in [0.05, 0.1) is 12.7 Å². The minimum Gasteiger partial charge on any atom is -0.384 e. The van der Waals surface area contributed by atoms with Crippen LogP contribution in [0.25, 0.3) is 0 Å². The Morgan fingerprint density at radius 1 is 1.55 bits per heavy atom. The summed E-state index contributed by atoms with van der Waals surface area (Å²) in [5, 5.41) is 6.27. The smallest absolute Gasteiger partial charge is 0.251 e. The number of anilines is 1. The number of ether oxygens (including phenoxy) is 1. The molecule has 3 rings (SSSR count). The van der Waals surface area contributed by atoms with Crippen molar-refractivity contribution in [2.24, 2.45) is 0 Å². The fraction of sp³-hybridized carbons (Fsp3) is 0.533. The molecule has 1 aromatic carbocycles. The molecule has 5 nitrogen and oxygen atoms in total. The van der Waals surface area contributed by atoms with Gasteiger partial charge in [0.25, 0.3) is 5.91 Å². The number of morpholine rings is 1. The van der Waals surface area contributed by atoms with Crippen molar-refractivity contribution in [3.8, 4) is 0 Å². The van der Waals surface area contributed by atoms with E-state index in [1.54, 1.807) is 0 Å². The molecule has 2 heterocycles. The Labute approximate surface area is 119 Å². The molecule has 1 amide bonds. The van der Waals surface area contributed by atoms with Crippen molar-refractivity contribution in [3.05, 3.63) is 29.3 Å². The van der Waals surface area contributed by atoms with E-state index in [1.807, 2.05) is 18.2 Å². The summed E-state index contributed by atoms with van der Waals surface area (Å²) in [6.07, 6.45) is 1.08. The number of benzene rings is 1. The molecule has 1 saturated heterocycles. The molecule has 108 valence electrons. The second-order valence-electron chi connectivity index (χ2n) is 5.51. The maximum Gasteiger partial charge on any atom is 0.251 e. The molecule has 0 saturated carbocycles. The van der Waals surface area contributed by atoms with Crippen molar-refractivity contribution >= 4 is 11.6 Å². The third-order valence-corrected chi connectivity index (χ3v) is 3.91. The zero-order valence-electron chi connectivity index (χ0n) is 11.8. The minimum atomic E-state index is -0.0171. The van der Waals surface area contributed by atoms with E-state index >= 15 is 0 Å². The highest BCUT2D eigenvalue weighted by Crippen LogP contribution is 2.22. The molecule has 0 aromatic heterocycles. The SMILES string of the molecule is CN1CCOC(CNC(=O)c2ccc3c(c2)CCN3)C1. The average molecular weight is 275 g/mol. The first-order chi connectivity index (χ1) is 9.72. The molecule has 1 fully saturated rings. The lowest BCUT2D eigenvalue weighted by Crippen LogP contribution is -2.45. The number of likely N-dealkylation sites (N-methyl/N-ethyl adjacent to an activating group) is 1. The fourth-order valence-corrected chi connectivity index (χ4v) is 2.74. The first kappa shape index (κ1) is 13.4. The molecule has 1 aromatic rings. The van der Waals surface area contributed by atoms with E-state index in [4.69, 9.17) is 4.74 Å². The molecular formula is C15H21N3O2. The van der Waals surface area contributed by atoms with Gasteiger partial charge in [-0.25, -0.2) is 0 Å². The predicted molar refractivity (Wildman–Crippen MR) is 78.2 cm³/mol. The van der Waals surface area contributed by atoms with Gasteiger partial charge in [-0.05, 0) is 37.2 Å². The number of nitrogens with one attached hydrogen (secondary N) is 2. The average Bonchev–Trinajstić information content (AvgIpc) is 2.92. The lowest BCUT2D eigenvalue weighted by Gasteiger charge is -2.30. The molecule has 5 heteroatoms. The Bertz CT molecular complexity index is 504. The molecule has 20 heavy (non-hydrogen) atoms. The van der Waals surface area contributed by atoms with E-state index in [2.05, 4.69) is 22.6 Å². The van der Waals surface area contributed by atoms with Crippen molar-refractivity contribution < 1.29 is 9.53 Å².